The highest BCUT2D eigenvalue weighted by Crippen LogP contribution is 2.50. The SMILES string of the molecule is Nc1nc(N2CCC3(CC2)Cc2ccccc2C3N)cnc1C(=O)N1CC(F)(F)Cn2nccc21. The van der Waals surface area contributed by atoms with Crippen LogP contribution in [0.2, 0.25) is 0 Å². The van der Waals surface area contributed by atoms with Gasteiger partial charge in [0.05, 0.1) is 18.9 Å². The number of hydrogen-bond acceptors (Lipinski definition) is 7. The summed E-state index contributed by atoms with van der Waals surface area (Å²) in [5, 5.41) is 3.89. The monoisotopic (exact) mass is 480 g/mol. The van der Waals surface area contributed by atoms with Crippen LogP contribution < -0.4 is 21.3 Å². The minimum Gasteiger partial charge on any atom is -0.382 e. The fourth-order valence-electron chi connectivity index (χ4n) is 5.76. The number of amides is 1. The molecule has 6 rings (SSSR count). The summed E-state index contributed by atoms with van der Waals surface area (Å²) in [6, 6.07) is 9.89. The molecule has 1 unspecified atom stereocenters. The summed E-state index contributed by atoms with van der Waals surface area (Å²) in [6.07, 6.45) is 5.64. The summed E-state index contributed by atoms with van der Waals surface area (Å²) in [5.74, 6) is -3.08. The number of carbonyl (C=O) groups excluding carboxylic acids is 1. The largest absolute Gasteiger partial charge is 0.382 e. The van der Waals surface area contributed by atoms with Gasteiger partial charge in [0.1, 0.15) is 18.2 Å². The molecule has 3 aliphatic rings. The number of carbonyl (C=O) groups is 1. The van der Waals surface area contributed by atoms with E-state index in [9.17, 15) is 13.6 Å². The molecule has 1 saturated heterocycles. The van der Waals surface area contributed by atoms with Crippen LogP contribution in [0.4, 0.5) is 26.2 Å². The lowest BCUT2D eigenvalue weighted by atomic mass is 9.73. The van der Waals surface area contributed by atoms with E-state index in [0.29, 0.717) is 5.82 Å². The third-order valence-electron chi connectivity index (χ3n) is 7.65. The van der Waals surface area contributed by atoms with E-state index in [1.165, 1.54) is 29.6 Å². The number of halogens is 2. The molecule has 1 aliphatic carbocycles. The zero-order valence-corrected chi connectivity index (χ0v) is 19.1. The van der Waals surface area contributed by atoms with Crippen LogP contribution >= 0.6 is 0 Å². The molecule has 182 valence electrons. The van der Waals surface area contributed by atoms with Crippen molar-refractivity contribution >= 4 is 23.4 Å². The lowest BCUT2D eigenvalue weighted by Gasteiger charge is -2.42. The van der Waals surface area contributed by atoms with Gasteiger partial charge in [-0.1, -0.05) is 24.3 Å². The zero-order chi connectivity index (χ0) is 24.4. The van der Waals surface area contributed by atoms with E-state index in [4.69, 9.17) is 11.5 Å². The number of fused-ring (bicyclic) bond motifs is 2. The van der Waals surface area contributed by atoms with Crippen molar-refractivity contribution in [3.05, 3.63) is 59.5 Å². The first kappa shape index (κ1) is 21.9. The van der Waals surface area contributed by atoms with E-state index in [1.54, 1.807) is 0 Å². The standard InChI is InChI=1S/C24H26F2N8O/c25-24(26)13-33(18-5-8-30-34(18)14-24)22(35)19-21(28)31-17(12-29-19)32-9-6-23(7-10-32)11-15-3-1-2-4-16(15)20(23)27/h1-5,8,12,20H,6-7,9-11,13-14,27H2,(H2,28,31). The van der Waals surface area contributed by atoms with Crippen molar-refractivity contribution in [2.45, 2.75) is 37.8 Å². The van der Waals surface area contributed by atoms with Gasteiger partial charge in [-0.3, -0.25) is 9.69 Å². The van der Waals surface area contributed by atoms with E-state index >= 15 is 0 Å². The molecule has 1 spiro atoms. The molecule has 1 fully saturated rings. The Labute approximate surface area is 200 Å². The van der Waals surface area contributed by atoms with Crippen molar-refractivity contribution in [2.75, 3.05) is 35.2 Å². The molecule has 0 saturated carbocycles. The minimum atomic E-state index is -3.11. The zero-order valence-electron chi connectivity index (χ0n) is 19.1. The summed E-state index contributed by atoms with van der Waals surface area (Å²) in [7, 11) is 0. The Morgan fingerprint density at radius 1 is 1.11 bits per heavy atom. The molecular weight excluding hydrogens is 454 g/mol. The van der Waals surface area contributed by atoms with Crippen molar-refractivity contribution in [1.82, 2.24) is 19.7 Å². The van der Waals surface area contributed by atoms with Crippen LogP contribution in [0.3, 0.4) is 0 Å². The summed E-state index contributed by atoms with van der Waals surface area (Å²) in [6.45, 7) is 0.128. The van der Waals surface area contributed by atoms with E-state index in [0.717, 1.165) is 41.9 Å². The summed E-state index contributed by atoms with van der Waals surface area (Å²) in [5.41, 5.74) is 15.2. The van der Waals surface area contributed by atoms with E-state index in [-0.39, 0.29) is 28.8 Å². The predicted octanol–water partition coefficient (Wildman–Crippen LogP) is 2.39. The number of alkyl halides is 2. The molecule has 9 nitrogen and oxygen atoms in total. The highest BCUT2D eigenvalue weighted by molar-refractivity contribution is 6.07. The lowest BCUT2D eigenvalue weighted by molar-refractivity contribution is -0.0186. The summed E-state index contributed by atoms with van der Waals surface area (Å²) < 4.78 is 29.5. The van der Waals surface area contributed by atoms with Gasteiger partial charge >= 0.3 is 0 Å². The van der Waals surface area contributed by atoms with Gasteiger partial charge in [-0.05, 0) is 35.8 Å². The van der Waals surface area contributed by atoms with E-state index < -0.39 is 24.9 Å². The second-order valence-electron chi connectivity index (χ2n) is 9.76. The number of nitrogens with zero attached hydrogens (tertiary/aromatic N) is 6. The van der Waals surface area contributed by atoms with E-state index in [2.05, 4.69) is 38.2 Å². The van der Waals surface area contributed by atoms with Gasteiger partial charge in [-0.2, -0.15) is 5.10 Å². The van der Waals surface area contributed by atoms with Crippen LogP contribution in [0.5, 0.6) is 0 Å². The molecule has 2 aromatic heterocycles. The average molecular weight is 481 g/mol. The van der Waals surface area contributed by atoms with Crippen molar-refractivity contribution in [2.24, 2.45) is 11.1 Å². The molecule has 1 amide bonds. The highest BCUT2D eigenvalue weighted by Gasteiger charge is 2.46. The molecule has 4 N–H and O–H groups in total. The average Bonchev–Trinajstić information content (AvgIpc) is 3.40. The topological polar surface area (TPSA) is 119 Å². The lowest BCUT2D eigenvalue weighted by Crippen LogP contribution is -2.49. The molecule has 1 atom stereocenters. The third kappa shape index (κ3) is 3.53. The number of hydrogen-bond donors (Lipinski definition) is 2. The summed E-state index contributed by atoms with van der Waals surface area (Å²) >= 11 is 0. The molecule has 0 radical (unpaired) electrons. The van der Waals surface area contributed by atoms with Crippen molar-refractivity contribution in [1.29, 1.82) is 0 Å². The summed E-state index contributed by atoms with van der Waals surface area (Å²) in [4.78, 5) is 24.8. The normalized spacial score (nSPS) is 22.2. The van der Waals surface area contributed by atoms with E-state index in [1.807, 2.05) is 6.07 Å². The number of nitrogens with two attached hydrogens (primary N) is 2. The van der Waals surface area contributed by atoms with Gasteiger partial charge in [0.15, 0.2) is 11.5 Å². The molecule has 2 aliphatic heterocycles. The Bertz CT molecular complexity index is 1300. The molecule has 11 heteroatoms. The number of aromatic nitrogens is 4. The van der Waals surface area contributed by atoms with Gasteiger partial charge < -0.3 is 16.4 Å². The first-order valence-electron chi connectivity index (χ1n) is 11.7. The Morgan fingerprint density at radius 3 is 2.63 bits per heavy atom. The Balaban J connectivity index is 1.19. The van der Waals surface area contributed by atoms with Crippen LogP contribution in [0, 0.1) is 5.41 Å². The molecular formula is C24H26F2N8O. The van der Waals surface area contributed by atoms with Crippen molar-refractivity contribution < 1.29 is 13.6 Å². The molecule has 3 aromatic rings. The number of rotatable bonds is 2. The van der Waals surface area contributed by atoms with Gasteiger partial charge in [0.25, 0.3) is 11.8 Å². The molecule has 1 aromatic carbocycles. The van der Waals surface area contributed by atoms with Crippen LogP contribution in [0.1, 0.15) is 40.5 Å². The molecule has 0 bridgehead atoms. The first-order valence-corrected chi connectivity index (χ1v) is 11.7. The molecule has 35 heavy (non-hydrogen) atoms. The smallest absolute Gasteiger partial charge is 0.285 e. The quantitative estimate of drug-likeness (QED) is 0.578. The third-order valence-corrected chi connectivity index (χ3v) is 7.65. The predicted molar refractivity (Wildman–Crippen MR) is 126 cm³/mol. The minimum absolute atomic E-state index is 0.00751. The number of benzene rings is 1. The second kappa shape index (κ2) is 7.70. The Kier molecular flexibility index (Phi) is 4.82. The maximum atomic E-state index is 14.2. The number of piperidine rings is 1. The molecule has 4 heterocycles. The van der Waals surface area contributed by atoms with Gasteiger partial charge in [0, 0.05) is 25.2 Å². The number of anilines is 3. The van der Waals surface area contributed by atoms with Gasteiger partial charge in [0.2, 0.25) is 0 Å². The Morgan fingerprint density at radius 2 is 1.89 bits per heavy atom. The highest BCUT2D eigenvalue weighted by atomic mass is 19.3. The fraction of sp³-hybridized carbons (Fsp3) is 0.417. The Hall–Kier alpha value is -3.60. The number of nitrogen functional groups attached to an aromatic ring is 1. The fourth-order valence-corrected chi connectivity index (χ4v) is 5.76. The second-order valence-corrected chi connectivity index (χ2v) is 9.76. The van der Waals surface area contributed by atoms with Crippen LogP contribution in [-0.2, 0) is 13.0 Å². The first-order chi connectivity index (χ1) is 16.8. The van der Waals surface area contributed by atoms with Crippen LogP contribution in [0.15, 0.2) is 42.7 Å². The van der Waals surface area contributed by atoms with Gasteiger partial charge in [-0.25, -0.2) is 23.4 Å². The van der Waals surface area contributed by atoms with Crippen LogP contribution in [0.25, 0.3) is 0 Å². The maximum absolute atomic E-state index is 14.2. The maximum Gasteiger partial charge on any atom is 0.285 e. The van der Waals surface area contributed by atoms with Crippen molar-refractivity contribution in [3.8, 4) is 0 Å². The van der Waals surface area contributed by atoms with Gasteiger partial charge in [-0.15, -0.1) is 0 Å². The van der Waals surface area contributed by atoms with Crippen molar-refractivity contribution in [3.63, 3.8) is 0 Å². The van der Waals surface area contributed by atoms with Crippen LogP contribution in [-0.4, -0.2) is 51.2 Å².